The Kier molecular flexibility index (Phi) is 6.87. The van der Waals surface area contributed by atoms with E-state index in [1.807, 2.05) is 31.2 Å². The van der Waals surface area contributed by atoms with Gasteiger partial charge in [0.25, 0.3) is 5.91 Å². The van der Waals surface area contributed by atoms with Gasteiger partial charge in [0, 0.05) is 30.9 Å². The lowest BCUT2D eigenvalue weighted by Gasteiger charge is -2.32. The predicted octanol–water partition coefficient (Wildman–Crippen LogP) is 2.74. The number of nitrogens with one attached hydrogen (secondary N) is 2. The van der Waals surface area contributed by atoms with Crippen molar-refractivity contribution < 1.29 is 14.4 Å². The average molecular weight is 438 g/mol. The summed E-state index contributed by atoms with van der Waals surface area (Å²) in [4.78, 5) is 39.6. The van der Waals surface area contributed by atoms with Gasteiger partial charge in [-0.05, 0) is 44.7 Å². The first-order chi connectivity index (χ1) is 15.5. The predicted molar refractivity (Wildman–Crippen MR) is 121 cm³/mol. The van der Waals surface area contributed by atoms with Crippen LogP contribution in [-0.4, -0.2) is 51.5 Å². The van der Waals surface area contributed by atoms with Crippen molar-refractivity contribution in [2.45, 2.75) is 58.0 Å². The summed E-state index contributed by atoms with van der Waals surface area (Å²) in [7, 11) is 0. The molecule has 0 bridgehead atoms. The summed E-state index contributed by atoms with van der Waals surface area (Å²) >= 11 is 0. The Morgan fingerprint density at radius 1 is 1.06 bits per heavy atom. The number of piperidine rings is 1. The number of carbonyl (C=O) groups is 3. The number of likely N-dealkylation sites (tertiary alicyclic amines) is 1. The summed E-state index contributed by atoms with van der Waals surface area (Å²) in [6.45, 7) is 3.18. The van der Waals surface area contributed by atoms with Crippen molar-refractivity contribution in [3.63, 3.8) is 0 Å². The molecule has 1 saturated carbocycles. The van der Waals surface area contributed by atoms with Gasteiger partial charge in [-0.15, -0.1) is 0 Å². The summed E-state index contributed by atoms with van der Waals surface area (Å²) < 4.78 is 1.54. The third kappa shape index (κ3) is 5.55. The van der Waals surface area contributed by atoms with Gasteiger partial charge in [0.1, 0.15) is 6.54 Å². The van der Waals surface area contributed by atoms with Crippen molar-refractivity contribution in [1.29, 1.82) is 0 Å². The standard InChI is InChI=1S/C24H31N5O3/c1-17-8-10-18(11-9-17)24(32)28-12-4-5-19(14-28)23(31)27-21-13-25-29(15-21)16-22(30)26-20-6-2-3-7-20/h8-11,13,15,19-20H,2-7,12,14,16H2,1H3,(H,26,30)(H,27,31). The highest BCUT2D eigenvalue weighted by molar-refractivity contribution is 5.96. The molecule has 0 spiro atoms. The van der Waals surface area contributed by atoms with Crippen LogP contribution in [0.4, 0.5) is 5.69 Å². The van der Waals surface area contributed by atoms with E-state index in [1.165, 1.54) is 4.68 Å². The Bertz CT molecular complexity index is 962. The fourth-order valence-electron chi connectivity index (χ4n) is 4.50. The van der Waals surface area contributed by atoms with Crippen LogP contribution in [-0.2, 0) is 16.1 Å². The Hall–Kier alpha value is -3.16. The molecule has 1 aliphatic carbocycles. The number of aryl methyl sites for hydroxylation is 1. The highest BCUT2D eigenvalue weighted by Crippen LogP contribution is 2.21. The Morgan fingerprint density at radius 2 is 1.81 bits per heavy atom. The van der Waals surface area contributed by atoms with Crippen molar-refractivity contribution in [2.24, 2.45) is 5.92 Å². The third-order valence-corrected chi connectivity index (χ3v) is 6.30. The molecule has 32 heavy (non-hydrogen) atoms. The number of hydrogen-bond donors (Lipinski definition) is 2. The summed E-state index contributed by atoms with van der Waals surface area (Å²) in [5.74, 6) is -0.493. The molecular weight excluding hydrogens is 406 g/mol. The van der Waals surface area contributed by atoms with Crippen molar-refractivity contribution in [1.82, 2.24) is 20.0 Å². The van der Waals surface area contributed by atoms with Crippen molar-refractivity contribution in [2.75, 3.05) is 18.4 Å². The van der Waals surface area contributed by atoms with Crippen LogP contribution in [0.15, 0.2) is 36.7 Å². The molecule has 2 aromatic rings. The van der Waals surface area contributed by atoms with Gasteiger partial charge in [-0.3, -0.25) is 19.1 Å². The highest BCUT2D eigenvalue weighted by atomic mass is 16.2. The van der Waals surface area contributed by atoms with Gasteiger partial charge >= 0.3 is 0 Å². The first kappa shape index (κ1) is 22.0. The summed E-state index contributed by atoms with van der Waals surface area (Å²) in [6.07, 6.45) is 9.16. The molecule has 1 unspecified atom stereocenters. The van der Waals surface area contributed by atoms with E-state index < -0.39 is 0 Å². The lowest BCUT2D eigenvalue weighted by molar-refractivity contribution is -0.122. The number of anilines is 1. The topological polar surface area (TPSA) is 96.3 Å². The van der Waals surface area contributed by atoms with Crippen LogP contribution in [0.1, 0.15) is 54.4 Å². The molecule has 8 nitrogen and oxygen atoms in total. The van der Waals surface area contributed by atoms with E-state index in [0.717, 1.165) is 44.1 Å². The van der Waals surface area contributed by atoms with E-state index in [-0.39, 0.29) is 36.2 Å². The zero-order chi connectivity index (χ0) is 22.5. The van der Waals surface area contributed by atoms with Gasteiger partial charge in [-0.1, -0.05) is 30.5 Å². The minimum absolute atomic E-state index is 0.0383. The SMILES string of the molecule is Cc1ccc(C(=O)N2CCCC(C(=O)Nc3cnn(CC(=O)NC4CCCC4)c3)C2)cc1. The second kappa shape index (κ2) is 9.97. The summed E-state index contributed by atoms with van der Waals surface area (Å²) in [5, 5.41) is 10.1. The zero-order valence-electron chi connectivity index (χ0n) is 18.5. The van der Waals surface area contributed by atoms with Crippen LogP contribution in [0.25, 0.3) is 0 Å². The van der Waals surface area contributed by atoms with E-state index in [9.17, 15) is 14.4 Å². The normalized spacial score (nSPS) is 19.0. The minimum Gasteiger partial charge on any atom is -0.352 e. The number of hydrogen-bond acceptors (Lipinski definition) is 4. The molecule has 1 atom stereocenters. The average Bonchev–Trinajstić information content (AvgIpc) is 3.46. The van der Waals surface area contributed by atoms with Crippen LogP contribution in [0.3, 0.4) is 0 Å². The maximum absolute atomic E-state index is 12.8. The molecule has 170 valence electrons. The fourth-order valence-corrected chi connectivity index (χ4v) is 4.50. The lowest BCUT2D eigenvalue weighted by Crippen LogP contribution is -2.43. The van der Waals surface area contributed by atoms with Gasteiger partial charge in [-0.2, -0.15) is 5.10 Å². The Labute approximate surface area is 188 Å². The van der Waals surface area contributed by atoms with Gasteiger partial charge in [0.2, 0.25) is 11.8 Å². The van der Waals surface area contributed by atoms with E-state index >= 15 is 0 Å². The molecule has 1 aromatic heterocycles. The number of benzene rings is 1. The quantitative estimate of drug-likeness (QED) is 0.726. The molecule has 8 heteroatoms. The Morgan fingerprint density at radius 3 is 2.56 bits per heavy atom. The molecule has 2 fully saturated rings. The molecule has 2 N–H and O–H groups in total. The number of rotatable bonds is 6. The van der Waals surface area contributed by atoms with E-state index in [1.54, 1.807) is 17.3 Å². The largest absolute Gasteiger partial charge is 0.352 e. The lowest BCUT2D eigenvalue weighted by atomic mass is 9.96. The molecule has 2 aliphatic rings. The monoisotopic (exact) mass is 437 g/mol. The van der Waals surface area contributed by atoms with Crippen LogP contribution in [0.2, 0.25) is 0 Å². The van der Waals surface area contributed by atoms with Gasteiger partial charge in [0.15, 0.2) is 0 Å². The van der Waals surface area contributed by atoms with Crippen molar-refractivity contribution in [3.8, 4) is 0 Å². The maximum atomic E-state index is 12.8. The molecule has 4 rings (SSSR count). The highest BCUT2D eigenvalue weighted by Gasteiger charge is 2.29. The van der Waals surface area contributed by atoms with Gasteiger partial charge in [-0.25, -0.2) is 0 Å². The first-order valence-electron chi connectivity index (χ1n) is 11.5. The summed E-state index contributed by atoms with van der Waals surface area (Å²) in [6, 6.07) is 7.78. The smallest absolute Gasteiger partial charge is 0.253 e. The minimum atomic E-state index is -0.271. The number of aromatic nitrogens is 2. The van der Waals surface area contributed by atoms with Gasteiger partial charge < -0.3 is 15.5 Å². The van der Waals surface area contributed by atoms with Crippen LogP contribution < -0.4 is 10.6 Å². The molecule has 2 heterocycles. The number of nitrogens with zero attached hydrogens (tertiary/aromatic N) is 3. The third-order valence-electron chi connectivity index (χ3n) is 6.30. The fraction of sp³-hybridized carbons (Fsp3) is 0.500. The van der Waals surface area contributed by atoms with E-state index in [0.29, 0.717) is 24.3 Å². The number of carbonyl (C=O) groups excluding carboxylic acids is 3. The second-order valence-electron chi connectivity index (χ2n) is 8.92. The number of amides is 3. The molecule has 3 amide bonds. The van der Waals surface area contributed by atoms with Crippen LogP contribution in [0, 0.1) is 12.8 Å². The molecule has 1 saturated heterocycles. The van der Waals surface area contributed by atoms with Gasteiger partial charge in [0.05, 0.1) is 17.8 Å². The Balaban J connectivity index is 1.29. The molecule has 1 aliphatic heterocycles. The van der Waals surface area contributed by atoms with Crippen molar-refractivity contribution >= 4 is 23.4 Å². The zero-order valence-corrected chi connectivity index (χ0v) is 18.5. The summed E-state index contributed by atoms with van der Waals surface area (Å²) in [5.41, 5.74) is 2.31. The molecule has 1 aromatic carbocycles. The van der Waals surface area contributed by atoms with Crippen molar-refractivity contribution in [3.05, 3.63) is 47.8 Å². The maximum Gasteiger partial charge on any atom is 0.253 e. The molecular formula is C24H31N5O3. The van der Waals surface area contributed by atoms with Crippen LogP contribution >= 0.6 is 0 Å². The second-order valence-corrected chi connectivity index (χ2v) is 8.92. The first-order valence-corrected chi connectivity index (χ1v) is 11.5. The van der Waals surface area contributed by atoms with E-state index in [2.05, 4.69) is 15.7 Å². The van der Waals surface area contributed by atoms with Crippen LogP contribution in [0.5, 0.6) is 0 Å². The molecule has 0 radical (unpaired) electrons. The van der Waals surface area contributed by atoms with E-state index in [4.69, 9.17) is 0 Å².